The highest BCUT2D eigenvalue weighted by Crippen LogP contribution is 2.50. The number of hydrogen-bond donors (Lipinski definition) is 0. The van der Waals surface area contributed by atoms with Crippen molar-refractivity contribution in [1.29, 1.82) is 0 Å². The number of benzene rings is 5. The zero-order chi connectivity index (χ0) is 36.9. The van der Waals surface area contributed by atoms with Crippen LogP contribution in [0.5, 0.6) is 0 Å². The van der Waals surface area contributed by atoms with E-state index >= 15 is 0 Å². The molecule has 1 aliphatic heterocycles. The molecule has 5 heterocycles. The number of fused-ring (bicyclic) bond motifs is 4. The zero-order valence-corrected chi connectivity index (χ0v) is 30.7. The van der Waals surface area contributed by atoms with Crippen LogP contribution in [-0.2, 0) is 5.41 Å². The van der Waals surface area contributed by atoms with Crippen molar-refractivity contribution in [2.45, 2.75) is 19.3 Å². The number of pyridine rings is 3. The van der Waals surface area contributed by atoms with Gasteiger partial charge in [-0.1, -0.05) is 92.7 Å². The first-order valence-corrected chi connectivity index (χ1v) is 18.7. The van der Waals surface area contributed by atoms with Gasteiger partial charge in [0.05, 0.1) is 28.1 Å². The Morgan fingerprint density at radius 1 is 0.491 bits per heavy atom. The summed E-state index contributed by atoms with van der Waals surface area (Å²) in [5.41, 5.74) is 13.7. The minimum Gasteiger partial charge on any atom is -0.321 e. The molecule has 0 saturated heterocycles. The van der Waals surface area contributed by atoms with Crippen molar-refractivity contribution in [3.63, 3.8) is 0 Å². The van der Waals surface area contributed by atoms with Crippen molar-refractivity contribution >= 4 is 44.6 Å². The molecule has 264 valence electrons. The molecule has 0 radical (unpaired) electrons. The van der Waals surface area contributed by atoms with Crippen LogP contribution in [0.2, 0.25) is 0 Å². The Hall–Kier alpha value is -7.05. The van der Waals surface area contributed by atoms with Gasteiger partial charge >= 0.3 is 0 Å². The lowest BCUT2D eigenvalue weighted by Gasteiger charge is -2.29. The van der Waals surface area contributed by atoms with Gasteiger partial charge in [-0.2, -0.15) is 0 Å². The van der Waals surface area contributed by atoms with Crippen LogP contribution < -0.4 is 9.80 Å². The molecule has 0 atom stereocenters. The summed E-state index contributed by atoms with van der Waals surface area (Å²) in [6, 6.07) is 54.4. The summed E-state index contributed by atoms with van der Waals surface area (Å²) in [5.74, 6) is 0.917. The molecule has 0 fully saturated rings. The second-order valence-electron chi connectivity index (χ2n) is 14.6. The monoisotopic (exact) mass is 710 g/mol. The number of aromatic nitrogens is 4. The molecule has 4 aromatic heterocycles. The normalized spacial score (nSPS) is 12.8. The van der Waals surface area contributed by atoms with Crippen molar-refractivity contribution in [3.05, 3.63) is 194 Å². The average molecular weight is 711 g/mol. The van der Waals surface area contributed by atoms with Crippen LogP contribution in [0.25, 0.3) is 49.9 Å². The van der Waals surface area contributed by atoms with Crippen LogP contribution in [0, 0.1) is 0 Å². The Kier molecular flexibility index (Phi) is 7.77. The lowest BCUT2D eigenvalue weighted by Crippen LogP contribution is -2.25. The van der Waals surface area contributed by atoms with Gasteiger partial charge in [-0.15, -0.1) is 0 Å². The summed E-state index contributed by atoms with van der Waals surface area (Å²) in [7, 11) is 0. The van der Waals surface area contributed by atoms with Crippen molar-refractivity contribution < 1.29 is 0 Å². The van der Waals surface area contributed by atoms with Gasteiger partial charge < -0.3 is 9.80 Å². The molecule has 0 saturated carbocycles. The fourth-order valence-corrected chi connectivity index (χ4v) is 8.31. The maximum atomic E-state index is 4.77. The van der Waals surface area contributed by atoms with Gasteiger partial charge in [0.1, 0.15) is 12.5 Å². The highest BCUT2D eigenvalue weighted by molar-refractivity contribution is 6.09. The highest BCUT2D eigenvalue weighted by atomic mass is 15.4. The lowest BCUT2D eigenvalue weighted by atomic mass is 9.77. The number of hydrogen-bond acceptors (Lipinski definition) is 5. The molecule has 0 bridgehead atoms. The van der Waals surface area contributed by atoms with Crippen molar-refractivity contribution in [1.82, 2.24) is 19.5 Å². The number of rotatable bonds is 7. The van der Waals surface area contributed by atoms with Crippen LogP contribution in [0.3, 0.4) is 0 Å². The first-order valence-electron chi connectivity index (χ1n) is 18.7. The van der Waals surface area contributed by atoms with E-state index in [0.29, 0.717) is 6.67 Å². The predicted octanol–water partition coefficient (Wildman–Crippen LogP) is 11.9. The SMILES string of the molecule is CC(C)(c1cccc(N2CN(c3c(-c4ccncc4)cccc3-c3ccncc3)c3ccccc32)c1)c1ccc2c3ccccc3n(-c3ccccn3)c2c1. The van der Waals surface area contributed by atoms with Gasteiger partial charge in [0.25, 0.3) is 0 Å². The molecule has 55 heavy (non-hydrogen) atoms. The van der Waals surface area contributed by atoms with Crippen molar-refractivity contribution in [2.75, 3.05) is 16.5 Å². The molecule has 10 rings (SSSR count). The van der Waals surface area contributed by atoms with Crippen molar-refractivity contribution in [3.8, 4) is 28.1 Å². The molecule has 5 aromatic carbocycles. The molecule has 6 nitrogen and oxygen atoms in total. The van der Waals surface area contributed by atoms with E-state index in [2.05, 4.69) is 184 Å². The van der Waals surface area contributed by atoms with Crippen molar-refractivity contribution in [2.24, 2.45) is 0 Å². The zero-order valence-electron chi connectivity index (χ0n) is 30.7. The molecule has 9 aromatic rings. The van der Waals surface area contributed by atoms with Gasteiger partial charge in [-0.05, 0) is 95.1 Å². The molecular formula is C49H38N6. The Morgan fingerprint density at radius 3 is 1.82 bits per heavy atom. The molecular weight excluding hydrogens is 673 g/mol. The van der Waals surface area contributed by atoms with E-state index in [1.165, 1.54) is 27.6 Å². The minimum absolute atomic E-state index is 0.295. The van der Waals surface area contributed by atoms with E-state index in [1.54, 1.807) is 0 Å². The maximum Gasteiger partial charge on any atom is 0.137 e. The number of nitrogens with zero attached hydrogens (tertiary/aromatic N) is 6. The van der Waals surface area contributed by atoms with E-state index in [-0.39, 0.29) is 5.41 Å². The molecule has 0 amide bonds. The Labute approximate surface area is 320 Å². The first-order chi connectivity index (χ1) is 27.1. The Balaban J connectivity index is 1.07. The van der Waals surface area contributed by atoms with Crippen LogP contribution in [-0.4, -0.2) is 26.2 Å². The molecule has 0 N–H and O–H groups in total. The third-order valence-electron chi connectivity index (χ3n) is 11.2. The van der Waals surface area contributed by atoms with E-state index in [0.717, 1.165) is 56.2 Å². The quantitative estimate of drug-likeness (QED) is 0.165. The second kappa shape index (κ2) is 13.1. The largest absolute Gasteiger partial charge is 0.321 e. The summed E-state index contributed by atoms with van der Waals surface area (Å²) in [4.78, 5) is 18.3. The van der Waals surface area contributed by atoms with E-state index in [1.807, 2.05) is 37.1 Å². The van der Waals surface area contributed by atoms with Crippen LogP contribution in [0.1, 0.15) is 25.0 Å². The molecule has 0 spiro atoms. The average Bonchev–Trinajstić information content (AvgIpc) is 3.80. The summed E-state index contributed by atoms with van der Waals surface area (Å²) in [6.45, 7) is 5.31. The van der Waals surface area contributed by atoms with Gasteiger partial charge in [0.2, 0.25) is 0 Å². The van der Waals surface area contributed by atoms with Gasteiger partial charge in [0.15, 0.2) is 0 Å². The maximum absolute atomic E-state index is 4.77. The summed E-state index contributed by atoms with van der Waals surface area (Å²) in [5, 5.41) is 2.45. The second-order valence-corrected chi connectivity index (χ2v) is 14.6. The number of para-hydroxylation sites is 4. The molecule has 0 unspecified atom stereocenters. The van der Waals surface area contributed by atoms with E-state index < -0.39 is 0 Å². The minimum atomic E-state index is -0.295. The van der Waals surface area contributed by atoms with Gasteiger partial charge in [-0.3, -0.25) is 14.5 Å². The molecule has 1 aliphatic rings. The smallest absolute Gasteiger partial charge is 0.137 e. The van der Waals surface area contributed by atoms with E-state index in [9.17, 15) is 0 Å². The fraction of sp³-hybridized carbons (Fsp3) is 0.0816. The van der Waals surface area contributed by atoms with Crippen LogP contribution in [0.4, 0.5) is 22.7 Å². The van der Waals surface area contributed by atoms with E-state index in [4.69, 9.17) is 4.98 Å². The predicted molar refractivity (Wildman–Crippen MR) is 226 cm³/mol. The summed E-state index contributed by atoms with van der Waals surface area (Å²) >= 11 is 0. The number of anilines is 4. The van der Waals surface area contributed by atoms with Crippen LogP contribution >= 0.6 is 0 Å². The molecule has 0 aliphatic carbocycles. The first kappa shape index (κ1) is 32.6. The summed E-state index contributed by atoms with van der Waals surface area (Å²) < 4.78 is 2.29. The van der Waals surface area contributed by atoms with Gasteiger partial charge in [0, 0.05) is 64.0 Å². The highest BCUT2D eigenvalue weighted by Gasteiger charge is 2.32. The molecule has 6 heteroatoms. The lowest BCUT2D eigenvalue weighted by molar-refractivity contribution is 0.641. The summed E-state index contributed by atoms with van der Waals surface area (Å²) in [6.07, 6.45) is 9.33. The van der Waals surface area contributed by atoms with Gasteiger partial charge in [-0.25, -0.2) is 4.98 Å². The third kappa shape index (κ3) is 5.45. The third-order valence-corrected chi connectivity index (χ3v) is 11.2. The Morgan fingerprint density at radius 2 is 1.11 bits per heavy atom. The Bertz CT molecular complexity index is 2770. The van der Waals surface area contributed by atoms with Crippen LogP contribution in [0.15, 0.2) is 183 Å². The fourth-order valence-electron chi connectivity index (χ4n) is 8.31. The topological polar surface area (TPSA) is 50.1 Å². The standard InChI is InChI=1S/C49H38N6/c1-49(2,37-20-21-42-41-13-3-4-16-43(41)55(46(42)32-37)47-19-7-8-26-52-47)36-11-9-12-38(31-36)53-33-54(45-18-6-5-17-44(45)53)48-39(34-22-27-50-28-23-34)14-10-15-40(48)35-24-29-51-30-25-35/h3-32H,33H2,1-2H3.